The van der Waals surface area contributed by atoms with Gasteiger partial charge in [0.1, 0.15) is 11.5 Å². The summed E-state index contributed by atoms with van der Waals surface area (Å²) < 4.78 is 11.1. The van der Waals surface area contributed by atoms with E-state index in [0.29, 0.717) is 58.5 Å². The summed E-state index contributed by atoms with van der Waals surface area (Å²) in [6, 6.07) is 9.59. The number of nitro groups is 1. The maximum Gasteiger partial charge on any atom is 0.270 e. The minimum Gasteiger partial charge on any atom is -0.497 e. The molecule has 2 N–H and O–H groups in total. The SMILES string of the molecule is COc1ccc(NC(=O)CN2CCC(C(=O)Nc3nc4ccc([N+](=O)[O-])cc4s3)CC2)c(OC)c1. The van der Waals surface area contributed by atoms with E-state index in [2.05, 4.69) is 15.6 Å². The zero-order valence-electron chi connectivity index (χ0n) is 19.3. The number of rotatable bonds is 8. The zero-order valence-corrected chi connectivity index (χ0v) is 20.1. The van der Waals surface area contributed by atoms with Crippen molar-refractivity contribution in [1.29, 1.82) is 0 Å². The molecule has 1 aliphatic heterocycles. The number of hydrogen-bond donors (Lipinski definition) is 2. The van der Waals surface area contributed by atoms with Crippen LogP contribution >= 0.6 is 11.3 Å². The van der Waals surface area contributed by atoms with Crippen LogP contribution in [0.2, 0.25) is 0 Å². The smallest absolute Gasteiger partial charge is 0.270 e. The number of amides is 2. The minimum absolute atomic E-state index is 0.0131. The standard InChI is InChI=1S/C23H25N5O6S/c1-33-16-4-6-17(19(12-16)34-2)24-21(29)13-27-9-7-14(8-10-27)22(30)26-23-25-18-5-3-15(28(31)32)11-20(18)35-23/h3-6,11-12,14H,7-10,13H2,1-2H3,(H,24,29)(H,25,26,30). The lowest BCUT2D eigenvalue weighted by Gasteiger charge is -2.30. The van der Waals surface area contributed by atoms with Gasteiger partial charge < -0.3 is 20.1 Å². The molecule has 0 spiro atoms. The first-order chi connectivity index (χ1) is 16.9. The van der Waals surface area contributed by atoms with Crippen LogP contribution in [0.1, 0.15) is 12.8 Å². The van der Waals surface area contributed by atoms with Crippen molar-refractivity contribution in [3.8, 4) is 11.5 Å². The molecule has 0 saturated carbocycles. The van der Waals surface area contributed by atoms with Gasteiger partial charge >= 0.3 is 0 Å². The summed E-state index contributed by atoms with van der Waals surface area (Å²) in [6.45, 7) is 1.43. The third-order valence-electron chi connectivity index (χ3n) is 5.82. The van der Waals surface area contributed by atoms with Crippen LogP contribution in [-0.4, -0.2) is 60.5 Å². The van der Waals surface area contributed by atoms with Gasteiger partial charge in [-0.15, -0.1) is 0 Å². The van der Waals surface area contributed by atoms with Crippen molar-refractivity contribution in [3.05, 3.63) is 46.5 Å². The van der Waals surface area contributed by atoms with E-state index in [1.165, 1.54) is 30.6 Å². The maximum atomic E-state index is 12.7. The molecule has 12 heteroatoms. The van der Waals surface area contributed by atoms with E-state index in [1.807, 2.05) is 4.90 Å². The molecule has 0 aliphatic carbocycles. The summed E-state index contributed by atoms with van der Waals surface area (Å²) in [4.78, 5) is 42.1. The van der Waals surface area contributed by atoms with Gasteiger partial charge in [0.05, 0.1) is 41.6 Å². The Labute approximate surface area is 205 Å². The molecule has 1 aliphatic rings. The van der Waals surface area contributed by atoms with Crippen LogP contribution in [0.4, 0.5) is 16.5 Å². The van der Waals surface area contributed by atoms with E-state index in [4.69, 9.17) is 9.47 Å². The highest BCUT2D eigenvalue weighted by Crippen LogP contribution is 2.31. The van der Waals surface area contributed by atoms with Crippen LogP contribution in [0.15, 0.2) is 36.4 Å². The highest BCUT2D eigenvalue weighted by Gasteiger charge is 2.27. The average Bonchev–Trinajstić information content (AvgIpc) is 3.26. The first-order valence-corrected chi connectivity index (χ1v) is 11.8. The number of aromatic nitrogens is 1. The van der Waals surface area contributed by atoms with Crippen LogP contribution in [-0.2, 0) is 9.59 Å². The number of fused-ring (bicyclic) bond motifs is 1. The summed E-state index contributed by atoms with van der Waals surface area (Å²) in [5.74, 6) is 0.646. The van der Waals surface area contributed by atoms with E-state index in [-0.39, 0.29) is 30.0 Å². The third-order valence-corrected chi connectivity index (χ3v) is 6.75. The number of carbonyl (C=O) groups is 2. The van der Waals surface area contributed by atoms with Gasteiger partial charge in [0.2, 0.25) is 11.8 Å². The fourth-order valence-corrected chi connectivity index (χ4v) is 4.84. The third kappa shape index (κ3) is 5.84. The van der Waals surface area contributed by atoms with Gasteiger partial charge in [-0.3, -0.25) is 24.6 Å². The van der Waals surface area contributed by atoms with Gasteiger partial charge in [-0.25, -0.2) is 4.98 Å². The molecule has 1 saturated heterocycles. The number of hydrogen-bond acceptors (Lipinski definition) is 9. The Kier molecular flexibility index (Phi) is 7.42. The molecule has 1 aromatic heterocycles. The normalized spacial score (nSPS) is 14.5. The molecule has 0 bridgehead atoms. The predicted octanol–water partition coefficient (Wildman–Crippen LogP) is 3.51. The number of benzene rings is 2. The maximum absolute atomic E-state index is 12.7. The predicted molar refractivity (Wildman–Crippen MR) is 132 cm³/mol. The molecule has 2 heterocycles. The number of non-ortho nitro benzene ring substituents is 1. The number of nitro benzene ring substituents is 1. The number of methoxy groups -OCH3 is 2. The van der Waals surface area contributed by atoms with Crippen LogP contribution in [0, 0.1) is 16.0 Å². The number of carbonyl (C=O) groups excluding carboxylic acids is 2. The lowest BCUT2D eigenvalue weighted by atomic mass is 9.96. The Morgan fingerprint density at radius 3 is 2.60 bits per heavy atom. The van der Waals surface area contributed by atoms with E-state index >= 15 is 0 Å². The molecule has 0 radical (unpaired) electrons. The zero-order chi connectivity index (χ0) is 24.9. The van der Waals surface area contributed by atoms with E-state index in [9.17, 15) is 19.7 Å². The monoisotopic (exact) mass is 499 g/mol. The molecule has 2 aromatic carbocycles. The molecule has 1 fully saturated rings. The van der Waals surface area contributed by atoms with Crippen LogP contribution < -0.4 is 20.1 Å². The highest BCUT2D eigenvalue weighted by atomic mass is 32.1. The first-order valence-electron chi connectivity index (χ1n) is 11.0. The Balaban J connectivity index is 1.27. The second-order valence-electron chi connectivity index (χ2n) is 8.08. The van der Waals surface area contributed by atoms with Crippen LogP contribution in [0.25, 0.3) is 10.2 Å². The largest absolute Gasteiger partial charge is 0.497 e. The van der Waals surface area contributed by atoms with Crippen molar-refractivity contribution in [2.24, 2.45) is 5.92 Å². The Hall–Kier alpha value is -3.77. The van der Waals surface area contributed by atoms with Crippen LogP contribution in [0.5, 0.6) is 11.5 Å². The van der Waals surface area contributed by atoms with Gasteiger partial charge in [0.25, 0.3) is 5.69 Å². The van der Waals surface area contributed by atoms with Crippen molar-refractivity contribution in [2.75, 3.05) is 44.5 Å². The Morgan fingerprint density at radius 2 is 1.91 bits per heavy atom. The van der Waals surface area contributed by atoms with Gasteiger partial charge in [-0.1, -0.05) is 11.3 Å². The Bertz CT molecular complexity index is 1250. The second-order valence-corrected chi connectivity index (χ2v) is 9.11. The van der Waals surface area contributed by atoms with Gasteiger partial charge in [0.15, 0.2) is 5.13 Å². The Morgan fingerprint density at radius 1 is 1.14 bits per heavy atom. The van der Waals surface area contributed by atoms with Crippen molar-refractivity contribution >= 4 is 49.9 Å². The number of anilines is 2. The van der Waals surface area contributed by atoms with Crippen molar-refractivity contribution in [1.82, 2.24) is 9.88 Å². The van der Waals surface area contributed by atoms with Crippen LogP contribution in [0.3, 0.4) is 0 Å². The molecule has 4 rings (SSSR count). The summed E-state index contributed by atoms with van der Waals surface area (Å²) in [5.41, 5.74) is 1.15. The molecule has 0 atom stereocenters. The van der Waals surface area contributed by atoms with Gasteiger partial charge in [0, 0.05) is 24.1 Å². The molecule has 11 nitrogen and oxygen atoms in total. The molecule has 3 aromatic rings. The summed E-state index contributed by atoms with van der Waals surface area (Å²) in [5, 5.41) is 17.1. The molecule has 2 amide bonds. The minimum atomic E-state index is -0.459. The van der Waals surface area contributed by atoms with Gasteiger partial charge in [-0.05, 0) is 44.1 Å². The number of ether oxygens (including phenoxy) is 2. The number of nitrogens with one attached hydrogen (secondary N) is 2. The van der Waals surface area contributed by atoms with E-state index in [0.717, 1.165) is 0 Å². The number of likely N-dealkylation sites (tertiary alicyclic amines) is 1. The molecule has 0 unspecified atom stereocenters. The molecular weight excluding hydrogens is 474 g/mol. The fourth-order valence-electron chi connectivity index (χ4n) is 3.94. The number of thiazole rings is 1. The lowest BCUT2D eigenvalue weighted by Crippen LogP contribution is -2.41. The van der Waals surface area contributed by atoms with Crippen molar-refractivity contribution in [3.63, 3.8) is 0 Å². The molecular formula is C23H25N5O6S. The highest BCUT2D eigenvalue weighted by molar-refractivity contribution is 7.22. The molecule has 184 valence electrons. The molecule has 35 heavy (non-hydrogen) atoms. The van der Waals surface area contributed by atoms with Gasteiger partial charge in [-0.2, -0.15) is 0 Å². The summed E-state index contributed by atoms with van der Waals surface area (Å²) in [7, 11) is 3.09. The topological polar surface area (TPSA) is 136 Å². The fraction of sp³-hybridized carbons (Fsp3) is 0.348. The van der Waals surface area contributed by atoms with E-state index in [1.54, 1.807) is 31.4 Å². The van der Waals surface area contributed by atoms with Crippen molar-refractivity contribution < 1.29 is 24.0 Å². The lowest BCUT2D eigenvalue weighted by molar-refractivity contribution is -0.384. The van der Waals surface area contributed by atoms with E-state index < -0.39 is 4.92 Å². The number of piperidine rings is 1. The second kappa shape index (κ2) is 10.7. The summed E-state index contributed by atoms with van der Waals surface area (Å²) in [6.07, 6.45) is 1.22. The van der Waals surface area contributed by atoms with Crippen molar-refractivity contribution in [2.45, 2.75) is 12.8 Å². The summed E-state index contributed by atoms with van der Waals surface area (Å²) >= 11 is 1.21. The first kappa shape index (κ1) is 24.4. The average molecular weight is 500 g/mol. The number of nitrogens with zero attached hydrogens (tertiary/aromatic N) is 3. The quantitative estimate of drug-likeness (QED) is 0.355.